The Morgan fingerprint density at radius 1 is 1.23 bits per heavy atom. The van der Waals surface area contributed by atoms with Crippen LogP contribution in [0.1, 0.15) is 13.8 Å². The summed E-state index contributed by atoms with van der Waals surface area (Å²) in [6.07, 6.45) is 1.30. The number of hydrogen-bond donors (Lipinski definition) is 0. The Labute approximate surface area is 130 Å². The molecule has 0 aliphatic carbocycles. The zero-order valence-electron chi connectivity index (χ0n) is 12.2. The molecule has 0 aliphatic rings. The summed E-state index contributed by atoms with van der Waals surface area (Å²) in [5.74, 6) is 0. The van der Waals surface area contributed by atoms with E-state index >= 15 is 0 Å². The zero-order chi connectivity index (χ0) is 15.7. The highest BCUT2D eigenvalue weighted by Gasteiger charge is 2.31. The van der Waals surface area contributed by atoms with E-state index in [1.807, 2.05) is 24.3 Å². The van der Waals surface area contributed by atoms with Gasteiger partial charge in [-0.25, -0.2) is 4.98 Å². The third-order valence-electron chi connectivity index (χ3n) is 3.11. The van der Waals surface area contributed by atoms with E-state index in [2.05, 4.69) is 4.98 Å². The van der Waals surface area contributed by atoms with E-state index in [-0.39, 0.29) is 18.5 Å². The quantitative estimate of drug-likeness (QED) is 0.669. The van der Waals surface area contributed by atoms with Crippen molar-refractivity contribution in [1.29, 1.82) is 0 Å². The van der Waals surface area contributed by atoms with Gasteiger partial charge in [0.05, 0.1) is 29.6 Å². The van der Waals surface area contributed by atoms with Crippen molar-refractivity contribution in [2.75, 3.05) is 13.2 Å². The van der Waals surface area contributed by atoms with Gasteiger partial charge in [-0.15, -0.1) is 0 Å². The van der Waals surface area contributed by atoms with Gasteiger partial charge in [0.25, 0.3) is 5.56 Å². The van der Waals surface area contributed by atoms with Crippen LogP contribution in [0.2, 0.25) is 0 Å². The van der Waals surface area contributed by atoms with E-state index in [1.54, 1.807) is 13.8 Å². The summed E-state index contributed by atoms with van der Waals surface area (Å²) in [4.78, 5) is 17.6. The first-order valence-electron chi connectivity index (χ1n) is 6.89. The molecule has 0 saturated heterocycles. The van der Waals surface area contributed by atoms with Crippen LogP contribution in [-0.2, 0) is 13.6 Å². The predicted octanol–water partition coefficient (Wildman–Crippen LogP) is 2.80. The van der Waals surface area contributed by atoms with E-state index in [4.69, 9.17) is 9.05 Å². The third-order valence-corrected chi connectivity index (χ3v) is 6.24. The molecule has 0 unspecified atom stereocenters. The number of thiazole rings is 1. The summed E-state index contributed by atoms with van der Waals surface area (Å²) in [5.41, 5.74) is 0.328. The minimum Gasteiger partial charge on any atom is -0.305 e. The van der Waals surface area contributed by atoms with Crippen LogP contribution in [0.4, 0.5) is 0 Å². The minimum atomic E-state index is -3.66. The molecule has 0 atom stereocenters. The number of hydrogen-bond acceptors (Lipinski definition) is 6. The van der Waals surface area contributed by atoms with Gasteiger partial charge in [0.2, 0.25) is 0 Å². The molecule has 0 N–H and O–H groups in total. The average Bonchev–Trinajstić information content (AvgIpc) is 2.87. The zero-order valence-corrected chi connectivity index (χ0v) is 13.9. The molecule has 1 aromatic carbocycles. The molecule has 0 bridgehead atoms. The Hall–Kier alpha value is -1.53. The second-order valence-electron chi connectivity index (χ2n) is 4.47. The minimum absolute atomic E-state index is 0.0303. The first-order valence-corrected chi connectivity index (χ1v) is 9.25. The molecule has 6 nitrogen and oxygen atoms in total. The second kappa shape index (κ2) is 5.93. The van der Waals surface area contributed by atoms with Crippen LogP contribution < -0.4 is 10.9 Å². The highest BCUT2D eigenvalue weighted by molar-refractivity contribution is 7.62. The van der Waals surface area contributed by atoms with Gasteiger partial charge >= 0.3 is 7.60 Å². The highest BCUT2D eigenvalue weighted by Crippen LogP contribution is 2.45. The fourth-order valence-electron chi connectivity index (χ4n) is 2.25. The number of aromatic nitrogens is 2. The maximum atomic E-state index is 12.8. The van der Waals surface area contributed by atoms with E-state index in [1.165, 1.54) is 21.9 Å². The highest BCUT2D eigenvalue weighted by atomic mass is 32.1. The Bertz CT molecular complexity index is 923. The second-order valence-corrected chi connectivity index (χ2v) is 7.47. The molecular weight excluding hydrogens is 323 g/mol. The topological polar surface area (TPSA) is 69.9 Å². The summed E-state index contributed by atoms with van der Waals surface area (Å²) in [7, 11) is -3.66. The lowest BCUT2D eigenvalue weighted by atomic mass is 10.3. The molecule has 116 valence electrons. The van der Waals surface area contributed by atoms with Gasteiger partial charge in [0.1, 0.15) is 5.30 Å². The predicted molar refractivity (Wildman–Crippen MR) is 87.3 cm³/mol. The number of para-hydroxylation sites is 1. The summed E-state index contributed by atoms with van der Waals surface area (Å²) >= 11 is 1.40. The van der Waals surface area contributed by atoms with E-state index in [9.17, 15) is 9.36 Å². The molecule has 0 fully saturated rings. The molecule has 0 aliphatic heterocycles. The monoisotopic (exact) mass is 338 g/mol. The molecule has 2 heterocycles. The van der Waals surface area contributed by atoms with Crippen LogP contribution in [0.5, 0.6) is 0 Å². The third kappa shape index (κ3) is 2.40. The van der Waals surface area contributed by atoms with Crippen molar-refractivity contribution in [3.8, 4) is 0 Å². The van der Waals surface area contributed by atoms with E-state index < -0.39 is 13.2 Å². The van der Waals surface area contributed by atoms with E-state index in [0.29, 0.717) is 4.96 Å². The molecule has 0 radical (unpaired) electrons. The summed E-state index contributed by atoms with van der Waals surface area (Å²) < 4.78 is 25.8. The number of nitrogens with zero attached hydrogens (tertiary/aromatic N) is 2. The molecule has 0 amide bonds. The van der Waals surface area contributed by atoms with Crippen LogP contribution in [0.25, 0.3) is 15.2 Å². The summed E-state index contributed by atoms with van der Waals surface area (Å²) in [6.45, 7) is 3.78. The average molecular weight is 338 g/mol. The van der Waals surface area contributed by atoms with Crippen LogP contribution in [0, 0.1) is 0 Å². The first-order chi connectivity index (χ1) is 10.6. The van der Waals surface area contributed by atoms with E-state index in [0.717, 1.165) is 10.2 Å². The smallest absolute Gasteiger partial charge is 0.305 e. The summed E-state index contributed by atoms with van der Waals surface area (Å²) in [5, 5.41) is -0.0303. The van der Waals surface area contributed by atoms with Crippen molar-refractivity contribution in [1.82, 2.24) is 9.38 Å². The summed E-state index contributed by atoms with van der Waals surface area (Å²) in [6, 6.07) is 7.49. The largest absolute Gasteiger partial charge is 0.368 e. The van der Waals surface area contributed by atoms with Crippen molar-refractivity contribution in [3.05, 3.63) is 40.8 Å². The van der Waals surface area contributed by atoms with Crippen molar-refractivity contribution in [3.63, 3.8) is 0 Å². The molecule has 3 rings (SSSR count). The number of rotatable bonds is 5. The fraction of sp³-hybridized carbons (Fsp3) is 0.286. The van der Waals surface area contributed by atoms with Gasteiger partial charge in [-0.3, -0.25) is 13.8 Å². The Morgan fingerprint density at radius 2 is 1.91 bits per heavy atom. The maximum absolute atomic E-state index is 12.8. The van der Waals surface area contributed by atoms with Crippen LogP contribution in [0.3, 0.4) is 0 Å². The standard InChI is InChI=1S/C14H15N2O4PS/c1-3-19-21(18,20-4-2)11-9-15-14-16(13(11)17)10-7-5-6-8-12(10)22-14/h5-9H,3-4H2,1-2H3. The maximum Gasteiger partial charge on any atom is 0.368 e. The molecule has 8 heteroatoms. The fourth-order valence-corrected chi connectivity index (χ4v) is 4.80. The molecule has 0 saturated carbocycles. The molecule has 2 aromatic heterocycles. The SMILES string of the molecule is CCOP(=O)(OCC)c1cnc2sc3ccccc3n2c1=O. The van der Waals surface area contributed by atoms with Gasteiger partial charge in [0, 0.05) is 0 Å². The van der Waals surface area contributed by atoms with Gasteiger partial charge in [-0.05, 0) is 26.0 Å². The molecule has 22 heavy (non-hydrogen) atoms. The van der Waals surface area contributed by atoms with Gasteiger partial charge in [0.15, 0.2) is 4.96 Å². The lowest BCUT2D eigenvalue weighted by Gasteiger charge is -2.16. The van der Waals surface area contributed by atoms with Gasteiger partial charge < -0.3 is 9.05 Å². The lowest BCUT2D eigenvalue weighted by molar-refractivity contribution is 0.229. The van der Waals surface area contributed by atoms with Crippen molar-refractivity contribution in [2.45, 2.75) is 13.8 Å². The molecular formula is C14H15N2O4PS. The first kappa shape index (κ1) is 15.4. The normalized spacial score (nSPS) is 12.3. The van der Waals surface area contributed by atoms with Crippen LogP contribution >= 0.6 is 18.9 Å². The van der Waals surface area contributed by atoms with Gasteiger partial charge in [-0.2, -0.15) is 0 Å². The van der Waals surface area contributed by atoms with Crippen LogP contribution in [-0.4, -0.2) is 22.6 Å². The lowest BCUT2D eigenvalue weighted by Crippen LogP contribution is -2.32. The van der Waals surface area contributed by atoms with Crippen molar-refractivity contribution >= 4 is 39.4 Å². The van der Waals surface area contributed by atoms with Crippen molar-refractivity contribution in [2.24, 2.45) is 0 Å². The number of fused-ring (bicyclic) bond motifs is 3. The number of benzene rings is 1. The molecule has 3 aromatic rings. The molecule has 0 spiro atoms. The van der Waals surface area contributed by atoms with Crippen molar-refractivity contribution < 1.29 is 13.6 Å². The Balaban J connectivity index is 2.32. The van der Waals surface area contributed by atoms with Crippen LogP contribution in [0.15, 0.2) is 35.3 Å². The van der Waals surface area contributed by atoms with Gasteiger partial charge in [-0.1, -0.05) is 23.5 Å². The Morgan fingerprint density at radius 3 is 2.59 bits per heavy atom. The Kier molecular flexibility index (Phi) is 4.14.